The van der Waals surface area contributed by atoms with Gasteiger partial charge in [-0.2, -0.15) is 0 Å². The summed E-state index contributed by atoms with van der Waals surface area (Å²) in [5.41, 5.74) is 0. The van der Waals surface area contributed by atoms with Gasteiger partial charge in [-0.3, -0.25) is 0 Å². The average molecular weight is 429 g/mol. The summed E-state index contributed by atoms with van der Waals surface area (Å²) < 4.78 is 21.0. The molecule has 2 heterocycles. The number of hydrogen-bond acceptors (Lipinski definition) is 13. The van der Waals surface area contributed by atoms with Gasteiger partial charge in [0.25, 0.3) is 0 Å². The summed E-state index contributed by atoms with van der Waals surface area (Å²) in [7, 11) is 0. The molecule has 0 aromatic heterocycles. The van der Waals surface area contributed by atoms with Crippen LogP contribution in [-0.2, 0) is 18.9 Å². The maximum Gasteiger partial charge on any atom is 0.186 e. The van der Waals surface area contributed by atoms with Gasteiger partial charge < -0.3 is 65.1 Å². The Morgan fingerprint density at radius 2 is 0.966 bits per heavy atom. The summed E-state index contributed by atoms with van der Waals surface area (Å²) in [4.78, 5) is 0. The van der Waals surface area contributed by atoms with Crippen LogP contribution < -0.4 is 5.32 Å². The van der Waals surface area contributed by atoms with E-state index in [1.54, 1.807) is 0 Å². The monoisotopic (exact) mass is 429 g/mol. The van der Waals surface area contributed by atoms with Crippen molar-refractivity contribution >= 4 is 0 Å². The Kier molecular flexibility index (Phi) is 10.0. The standard InChI is InChI=1S/C16H31NO12/c18-5-7-9(20)11(22)13(24)15(28-7)26-3-1-17-2-4-27-16-14(25)12(23)10(21)8(6-19)29-16/h7-25H,1-6H2/t7?,8?,9-,10-,11?,12?,13?,14?,15+,16+/m1/s1. The second kappa shape index (κ2) is 11.8. The van der Waals surface area contributed by atoms with E-state index in [0.29, 0.717) is 13.1 Å². The zero-order valence-electron chi connectivity index (χ0n) is 15.7. The van der Waals surface area contributed by atoms with E-state index >= 15 is 0 Å². The molecule has 10 atom stereocenters. The maximum absolute atomic E-state index is 9.84. The molecule has 6 unspecified atom stereocenters. The Hall–Kier alpha value is -0.520. The Balaban J connectivity index is 1.61. The number of nitrogens with one attached hydrogen (secondary N) is 1. The number of rotatable bonds is 10. The van der Waals surface area contributed by atoms with Crippen LogP contribution >= 0.6 is 0 Å². The molecular weight excluding hydrogens is 398 g/mol. The van der Waals surface area contributed by atoms with Gasteiger partial charge in [0.2, 0.25) is 0 Å². The summed E-state index contributed by atoms with van der Waals surface area (Å²) in [6.45, 7) is -0.345. The van der Waals surface area contributed by atoms with Crippen LogP contribution in [0, 0.1) is 0 Å². The molecule has 0 radical (unpaired) electrons. The molecule has 13 nitrogen and oxygen atoms in total. The minimum absolute atomic E-state index is 0.0722. The molecule has 2 saturated heterocycles. The van der Waals surface area contributed by atoms with Gasteiger partial charge in [0.05, 0.1) is 26.4 Å². The second-order valence-corrected chi connectivity index (χ2v) is 6.89. The summed E-state index contributed by atoms with van der Waals surface area (Å²) in [6, 6.07) is 0. The van der Waals surface area contributed by atoms with Crippen molar-refractivity contribution in [1.82, 2.24) is 5.32 Å². The minimum Gasteiger partial charge on any atom is -0.394 e. The highest BCUT2D eigenvalue weighted by Gasteiger charge is 2.44. The van der Waals surface area contributed by atoms with E-state index in [0.717, 1.165) is 0 Å². The molecule has 2 aliphatic heterocycles. The topological polar surface area (TPSA) is 211 Å². The Morgan fingerprint density at radius 3 is 1.31 bits per heavy atom. The van der Waals surface area contributed by atoms with E-state index in [9.17, 15) is 30.6 Å². The fourth-order valence-corrected chi connectivity index (χ4v) is 3.03. The van der Waals surface area contributed by atoms with Crippen LogP contribution in [0.15, 0.2) is 0 Å². The van der Waals surface area contributed by atoms with E-state index in [-0.39, 0.29) is 13.2 Å². The first-order valence-corrected chi connectivity index (χ1v) is 9.36. The molecule has 0 aliphatic carbocycles. The summed E-state index contributed by atoms with van der Waals surface area (Å²) >= 11 is 0. The van der Waals surface area contributed by atoms with Crippen molar-refractivity contribution < 1.29 is 59.8 Å². The molecule has 0 saturated carbocycles. The summed E-state index contributed by atoms with van der Waals surface area (Å²) in [5, 5.41) is 79.5. The van der Waals surface area contributed by atoms with Crippen molar-refractivity contribution in [2.75, 3.05) is 39.5 Å². The van der Waals surface area contributed by atoms with E-state index < -0.39 is 74.6 Å². The fraction of sp³-hybridized carbons (Fsp3) is 1.00. The van der Waals surface area contributed by atoms with Gasteiger partial charge in [-0.15, -0.1) is 0 Å². The molecule has 0 amide bonds. The van der Waals surface area contributed by atoms with Crippen molar-refractivity contribution in [3.63, 3.8) is 0 Å². The lowest BCUT2D eigenvalue weighted by Gasteiger charge is -2.39. The normalized spacial score (nSPS) is 43.4. The molecule has 2 fully saturated rings. The first kappa shape index (κ1) is 24.7. The summed E-state index contributed by atoms with van der Waals surface area (Å²) in [6.07, 6.45) is -13.4. The third kappa shape index (κ3) is 6.24. The maximum atomic E-state index is 9.84. The van der Waals surface area contributed by atoms with Gasteiger partial charge in [0.1, 0.15) is 48.8 Å². The van der Waals surface area contributed by atoms with Gasteiger partial charge in [-0.25, -0.2) is 0 Å². The molecule has 2 aliphatic rings. The lowest BCUT2D eigenvalue weighted by Crippen LogP contribution is -2.59. The second-order valence-electron chi connectivity index (χ2n) is 6.89. The zero-order chi connectivity index (χ0) is 21.6. The zero-order valence-corrected chi connectivity index (χ0v) is 15.7. The van der Waals surface area contributed by atoms with Crippen LogP contribution in [0.3, 0.4) is 0 Å². The third-order valence-electron chi connectivity index (χ3n) is 4.82. The highest BCUT2D eigenvalue weighted by atomic mass is 16.7. The Labute approximate surface area is 167 Å². The van der Waals surface area contributed by atoms with Gasteiger partial charge >= 0.3 is 0 Å². The van der Waals surface area contributed by atoms with Crippen LogP contribution in [-0.4, -0.2) is 142 Å². The van der Waals surface area contributed by atoms with Crippen LogP contribution in [0.2, 0.25) is 0 Å². The van der Waals surface area contributed by atoms with Gasteiger partial charge in [-0.1, -0.05) is 0 Å². The molecule has 0 spiro atoms. The number of aliphatic hydroxyl groups is 8. The molecular formula is C16H31NO12. The minimum atomic E-state index is -1.51. The quantitative estimate of drug-likeness (QED) is 0.148. The van der Waals surface area contributed by atoms with Gasteiger partial charge in [-0.05, 0) is 0 Å². The molecule has 29 heavy (non-hydrogen) atoms. The number of ether oxygens (including phenoxy) is 4. The van der Waals surface area contributed by atoms with E-state index in [4.69, 9.17) is 29.2 Å². The largest absolute Gasteiger partial charge is 0.394 e. The van der Waals surface area contributed by atoms with Crippen LogP contribution in [0.1, 0.15) is 0 Å². The number of hydrogen-bond donors (Lipinski definition) is 9. The van der Waals surface area contributed by atoms with Crippen molar-refractivity contribution in [2.24, 2.45) is 0 Å². The fourth-order valence-electron chi connectivity index (χ4n) is 3.03. The van der Waals surface area contributed by atoms with Crippen molar-refractivity contribution in [1.29, 1.82) is 0 Å². The molecule has 9 N–H and O–H groups in total. The van der Waals surface area contributed by atoms with Gasteiger partial charge in [0, 0.05) is 13.1 Å². The molecule has 13 heteroatoms. The number of aliphatic hydroxyl groups excluding tert-OH is 8. The van der Waals surface area contributed by atoms with E-state index in [2.05, 4.69) is 5.32 Å². The molecule has 0 aromatic rings. The first-order chi connectivity index (χ1) is 13.8. The van der Waals surface area contributed by atoms with Crippen molar-refractivity contribution in [3.8, 4) is 0 Å². The lowest BCUT2D eigenvalue weighted by molar-refractivity contribution is -0.301. The Morgan fingerprint density at radius 1 is 0.586 bits per heavy atom. The lowest BCUT2D eigenvalue weighted by atomic mass is 9.99. The van der Waals surface area contributed by atoms with Crippen molar-refractivity contribution in [3.05, 3.63) is 0 Å². The molecule has 172 valence electrons. The Bertz CT molecular complexity index is 429. The summed E-state index contributed by atoms with van der Waals surface area (Å²) in [5.74, 6) is 0. The van der Waals surface area contributed by atoms with E-state index in [1.165, 1.54) is 0 Å². The highest BCUT2D eigenvalue weighted by Crippen LogP contribution is 2.22. The third-order valence-corrected chi connectivity index (χ3v) is 4.82. The predicted octanol–water partition coefficient (Wildman–Crippen LogP) is -5.79. The predicted molar refractivity (Wildman–Crippen MR) is 92.3 cm³/mol. The smallest absolute Gasteiger partial charge is 0.186 e. The van der Waals surface area contributed by atoms with Gasteiger partial charge in [0.15, 0.2) is 12.6 Å². The molecule has 2 rings (SSSR count). The van der Waals surface area contributed by atoms with Crippen LogP contribution in [0.5, 0.6) is 0 Å². The molecule has 0 bridgehead atoms. The highest BCUT2D eigenvalue weighted by molar-refractivity contribution is 4.89. The van der Waals surface area contributed by atoms with Crippen molar-refractivity contribution in [2.45, 2.75) is 61.4 Å². The SMILES string of the molecule is OCC1O[C@H](OCCNCCO[C@H]2OC(CO)[C@@H](O)C(O)C2O)C(O)C(O)[C@@H]1O. The average Bonchev–Trinajstić information content (AvgIpc) is 2.72. The molecule has 0 aromatic carbocycles. The van der Waals surface area contributed by atoms with Crippen LogP contribution in [0.25, 0.3) is 0 Å². The van der Waals surface area contributed by atoms with Crippen LogP contribution in [0.4, 0.5) is 0 Å². The van der Waals surface area contributed by atoms with E-state index in [1.807, 2.05) is 0 Å². The first-order valence-electron chi connectivity index (χ1n) is 9.36.